The first-order valence-electron chi connectivity index (χ1n) is 7.91. The summed E-state index contributed by atoms with van der Waals surface area (Å²) in [5, 5.41) is 4.57. The van der Waals surface area contributed by atoms with Gasteiger partial charge in [0.15, 0.2) is 0 Å². The standard InChI is InChI=1S/C19H18N2.ClHO4/c1-2-21-18(13-12-16-8-6-7-11-19(16)21)14-15-20-17-9-4-3-5-10-17;2-1(3,4)5/h3-15H,2H2,1H3;(H,2,3,4,5)/p+1. The van der Waals surface area contributed by atoms with E-state index in [4.69, 9.17) is 18.6 Å². The van der Waals surface area contributed by atoms with Crippen LogP contribution >= 0.6 is 0 Å². The van der Waals surface area contributed by atoms with Crippen molar-refractivity contribution in [2.75, 3.05) is 5.32 Å². The van der Waals surface area contributed by atoms with Crippen molar-refractivity contribution in [3.05, 3.63) is 78.6 Å². The fourth-order valence-electron chi connectivity index (χ4n) is 2.53. The minimum atomic E-state index is -4.69. The molecule has 0 aliphatic carbocycles. The third-order valence-electron chi connectivity index (χ3n) is 3.57. The van der Waals surface area contributed by atoms with Crippen molar-refractivity contribution in [2.24, 2.45) is 0 Å². The Kier molecular flexibility index (Phi) is 7.08. The monoisotopic (exact) mass is 375 g/mol. The highest BCUT2D eigenvalue weighted by Gasteiger charge is 2.10. The zero-order chi connectivity index (χ0) is 19.0. The van der Waals surface area contributed by atoms with Gasteiger partial charge in [-0.15, -0.1) is 0 Å². The molecule has 0 saturated carbocycles. The number of pyridine rings is 1. The molecule has 2 N–H and O–H groups in total. The lowest BCUT2D eigenvalue weighted by Crippen LogP contribution is -2.58. The number of nitrogens with zero attached hydrogens (tertiary/aromatic N) is 1. The van der Waals surface area contributed by atoms with E-state index >= 15 is 0 Å². The van der Waals surface area contributed by atoms with Crippen LogP contribution in [0.1, 0.15) is 12.6 Å². The molecule has 0 fully saturated rings. The summed E-state index contributed by atoms with van der Waals surface area (Å²) in [6.07, 6.45) is 4.11. The molecule has 0 saturated heterocycles. The van der Waals surface area contributed by atoms with Crippen LogP contribution in [-0.4, -0.2) is 4.66 Å². The summed E-state index contributed by atoms with van der Waals surface area (Å²) in [4.78, 5) is 0. The van der Waals surface area contributed by atoms with Gasteiger partial charge in [0.05, 0.1) is 14.9 Å². The van der Waals surface area contributed by atoms with Gasteiger partial charge < -0.3 is 5.32 Å². The Hall–Kier alpha value is -2.48. The van der Waals surface area contributed by atoms with Gasteiger partial charge in [0.25, 0.3) is 0 Å². The molecule has 0 spiro atoms. The van der Waals surface area contributed by atoms with Crippen molar-refractivity contribution in [2.45, 2.75) is 13.5 Å². The second kappa shape index (κ2) is 9.28. The molecule has 1 aromatic heterocycles. The molecule has 7 heteroatoms. The first-order chi connectivity index (χ1) is 12.4. The van der Waals surface area contributed by atoms with Crippen molar-refractivity contribution in [3.8, 4) is 0 Å². The van der Waals surface area contributed by atoms with Gasteiger partial charge >= 0.3 is 0 Å². The third-order valence-corrected chi connectivity index (χ3v) is 3.57. The highest BCUT2D eigenvalue weighted by molar-refractivity contribution is 5.76. The fraction of sp³-hybridized carbons (Fsp3) is 0.105. The largest absolute Gasteiger partial charge is 0.361 e. The van der Waals surface area contributed by atoms with Crippen LogP contribution in [0.25, 0.3) is 17.0 Å². The molecule has 136 valence electrons. The number of aryl methyl sites for hydroxylation is 1. The second-order valence-corrected chi connectivity index (χ2v) is 6.09. The number of anilines is 1. The molecule has 0 atom stereocenters. The Balaban J connectivity index is 0.000000431. The smallest absolute Gasteiger partial charge is 0.212 e. The van der Waals surface area contributed by atoms with Gasteiger partial charge in [-0.05, 0) is 31.2 Å². The van der Waals surface area contributed by atoms with Crippen LogP contribution in [0.5, 0.6) is 0 Å². The van der Waals surface area contributed by atoms with Crippen molar-refractivity contribution in [3.63, 3.8) is 0 Å². The summed E-state index contributed by atoms with van der Waals surface area (Å²) in [7, 11) is -4.69. The molecule has 0 aliphatic rings. The molecular formula is C19H20ClN2O4+. The van der Waals surface area contributed by atoms with E-state index in [1.807, 2.05) is 24.4 Å². The summed E-state index contributed by atoms with van der Waals surface area (Å²) < 4.78 is 35.0. The maximum atomic E-state index is 8.60. The molecule has 3 aromatic rings. The maximum Gasteiger partial charge on any atom is 0.212 e. The Morgan fingerprint density at radius 1 is 0.962 bits per heavy atom. The van der Waals surface area contributed by atoms with Gasteiger partial charge in [0.2, 0.25) is 11.2 Å². The topological polar surface area (TPSA) is 105 Å². The van der Waals surface area contributed by atoms with Gasteiger partial charge in [0, 0.05) is 35.5 Å². The van der Waals surface area contributed by atoms with E-state index in [1.165, 1.54) is 16.6 Å². The van der Waals surface area contributed by atoms with Crippen molar-refractivity contribution in [1.82, 2.24) is 0 Å². The van der Waals surface area contributed by atoms with E-state index in [-0.39, 0.29) is 0 Å². The summed E-state index contributed by atoms with van der Waals surface area (Å²) in [6.45, 7) is 3.13. The molecule has 6 nitrogen and oxygen atoms in total. The van der Waals surface area contributed by atoms with Crippen molar-refractivity contribution < 1.29 is 33.4 Å². The lowest BCUT2D eigenvalue weighted by atomic mass is 10.2. The van der Waals surface area contributed by atoms with E-state index in [0.29, 0.717) is 0 Å². The van der Waals surface area contributed by atoms with Gasteiger partial charge in [-0.25, -0.2) is 0 Å². The SMILES string of the molecule is CC[n+]1c(/C=C\Nc2ccccc2)ccc2ccccc21.[O-][Cl+3]([O-])([O-])O. The zero-order valence-electron chi connectivity index (χ0n) is 14.2. The van der Waals surface area contributed by atoms with Gasteiger partial charge in [-0.2, -0.15) is 18.5 Å². The number of para-hydroxylation sites is 2. The number of rotatable bonds is 4. The van der Waals surface area contributed by atoms with Crippen LogP contribution < -0.4 is 23.9 Å². The van der Waals surface area contributed by atoms with Crippen LogP contribution in [0.15, 0.2) is 72.9 Å². The van der Waals surface area contributed by atoms with Crippen molar-refractivity contribution in [1.29, 1.82) is 0 Å². The second-order valence-electron chi connectivity index (χ2n) is 5.30. The van der Waals surface area contributed by atoms with Crippen LogP contribution in [0, 0.1) is 10.2 Å². The van der Waals surface area contributed by atoms with Crippen molar-refractivity contribution >= 4 is 22.7 Å². The molecule has 0 aliphatic heterocycles. The first kappa shape index (κ1) is 19.8. The van der Waals surface area contributed by atoms with Gasteiger partial charge in [0.1, 0.15) is 6.54 Å². The number of aromatic nitrogens is 1. The van der Waals surface area contributed by atoms with E-state index in [9.17, 15) is 0 Å². The van der Waals surface area contributed by atoms with Crippen LogP contribution in [0.2, 0.25) is 0 Å². The predicted molar refractivity (Wildman–Crippen MR) is 91.1 cm³/mol. The maximum absolute atomic E-state index is 8.60. The Morgan fingerprint density at radius 3 is 2.23 bits per heavy atom. The van der Waals surface area contributed by atoms with E-state index < -0.39 is 10.2 Å². The van der Waals surface area contributed by atoms with Crippen LogP contribution in [0.3, 0.4) is 0 Å². The average Bonchev–Trinajstić information content (AvgIpc) is 2.61. The minimum absolute atomic E-state index is 0.951. The summed E-state index contributed by atoms with van der Waals surface area (Å²) in [5.41, 5.74) is 3.55. The van der Waals surface area contributed by atoms with Crippen LogP contribution in [-0.2, 0) is 6.54 Å². The predicted octanol–water partition coefficient (Wildman–Crippen LogP) is 0.106. The molecular weight excluding hydrogens is 356 g/mol. The highest BCUT2D eigenvalue weighted by atomic mass is 35.7. The fourth-order valence-corrected chi connectivity index (χ4v) is 2.53. The molecule has 26 heavy (non-hydrogen) atoms. The zero-order valence-corrected chi connectivity index (χ0v) is 15.0. The first-order valence-corrected chi connectivity index (χ1v) is 9.18. The number of fused-ring (bicyclic) bond motifs is 1. The summed E-state index contributed by atoms with van der Waals surface area (Å²) in [5.74, 6) is 0. The third kappa shape index (κ3) is 6.44. The molecule has 3 rings (SSSR count). The molecule has 2 aromatic carbocycles. The summed E-state index contributed by atoms with van der Waals surface area (Å²) >= 11 is 0. The Bertz CT molecular complexity index is 858. The molecule has 1 heterocycles. The molecule has 0 amide bonds. The van der Waals surface area contributed by atoms with Gasteiger partial charge in [-0.1, -0.05) is 30.3 Å². The number of halogens is 1. The minimum Gasteiger partial charge on any atom is -0.361 e. The normalized spacial score (nSPS) is 11.3. The lowest BCUT2D eigenvalue weighted by molar-refractivity contribution is -1.92. The molecule has 0 unspecified atom stereocenters. The van der Waals surface area contributed by atoms with E-state index in [0.717, 1.165) is 12.2 Å². The van der Waals surface area contributed by atoms with Gasteiger partial charge in [-0.3, -0.25) is 0 Å². The number of benzene rings is 2. The molecule has 0 bridgehead atoms. The van der Waals surface area contributed by atoms with Crippen LogP contribution in [0.4, 0.5) is 5.69 Å². The summed E-state index contributed by atoms with van der Waals surface area (Å²) in [6, 6.07) is 23.0. The van der Waals surface area contributed by atoms with E-state index in [2.05, 4.69) is 71.4 Å². The Morgan fingerprint density at radius 2 is 1.58 bits per heavy atom. The number of hydrogen-bond acceptors (Lipinski definition) is 5. The average molecular weight is 376 g/mol. The molecule has 0 radical (unpaired) electrons. The highest BCUT2D eigenvalue weighted by Crippen LogP contribution is 2.12. The number of nitrogens with one attached hydrogen (secondary N) is 1. The Labute approximate surface area is 154 Å². The lowest BCUT2D eigenvalue weighted by Gasteiger charge is -2.03. The quantitative estimate of drug-likeness (QED) is 0.629. The van der Waals surface area contributed by atoms with E-state index in [1.54, 1.807) is 0 Å². The number of hydrogen-bond donors (Lipinski definition) is 2.